The lowest BCUT2D eigenvalue weighted by Crippen LogP contribution is -2.17. The SMILES string of the molecule is N#Cc1cccc(-c2cn(CC(CO)CO)c3c[c]ccc23)c1. The smallest absolute Gasteiger partial charge is 0.0991 e. The van der Waals surface area contributed by atoms with Crippen LogP contribution in [0.3, 0.4) is 0 Å². The molecule has 1 radical (unpaired) electrons. The van der Waals surface area contributed by atoms with Gasteiger partial charge in [0, 0.05) is 48.3 Å². The van der Waals surface area contributed by atoms with E-state index < -0.39 is 0 Å². The summed E-state index contributed by atoms with van der Waals surface area (Å²) in [4.78, 5) is 0. The Morgan fingerprint density at radius 1 is 1.22 bits per heavy atom. The van der Waals surface area contributed by atoms with Gasteiger partial charge in [-0.2, -0.15) is 5.26 Å². The lowest BCUT2D eigenvalue weighted by atomic mass is 10.0. The molecule has 0 fully saturated rings. The zero-order valence-corrected chi connectivity index (χ0v) is 12.6. The van der Waals surface area contributed by atoms with Crippen LogP contribution in [0.1, 0.15) is 5.56 Å². The van der Waals surface area contributed by atoms with E-state index in [4.69, 9.17) is 5.26 Å². The third kappa shape index (κ3) is 2.98. The van der Waals surface area contributed by atoms with Gasteiger partial charge in [0.25, 0.3) is 0 Å². The second-order valence-electron chi connectivity index (χ2n) is 5.56. The van der Waals surface area contributed by atoms with Gasteiger partial charge in [0.15, 0.2) is 0 Å². The van der Waals surface area contributed by atoms with Crippen LogP contribution in [0, 0.1) is 23.3 Å². The molecule has 23 heavy (non-hydrogen) atoms. The van der Waals surface area contributed by atoms with Crippen molar-refractivity contribution in [2.24, 2.45) is 5.92 Å². The Hall–Kier alpha value is -2.61. The summed E-state index contributed by atoms with van der Waals surface area (Å²) < 4.78 is 2.03. The molecule has 0 unspecified atom stereocenters. The second-order valence-corrected chi connectivity index (χ2v) is 5.56. The van der Waals surface area contributed by atoms with E-state index in [9.17, 15) is 10.2 Å². The predicted molar refractivity (Wildman–Crippen MR) is 88.6 cm³/mol. The number of hydrogen-bond donors (Lipinski definition) is 2. The van der Waals surface area contributed by atoms with E-state index in [0.29, 0.717) is 12.1 Å². The van der Waals surface area contributed by atoms with Crippen molar-refractivity contribution in [1.29, 1.82) is 5.26 Å². The summed E-state index contributed by atoms with van der Waals surface area (Å²) in [5, 5.41) is 28.8. The number of aliphatic hydroxyl groups excluding tert-OH is 2. The summed E-state index contributed by atoms with van der Waals surface area (Å²) in [5.41, 5.74) is 3.62. The highest BCUT2D eigenvalue weighted by Gasteiger charge is 2.13. The Labute approximate surface area is 134 Å². The number of fused-ring (bicyclic) bond motifs is 1. The van der Waals surface area contributed by atoms with Gasteiger partial charge in [-0.25, -0.2) is 0 Å². The Balaban J connectivity index is 2.12. The van der Waals surface area contributed by atoms with Crippen LogP contribution in [0.25, 0.3) is 22.0 Å². The van der Waals surface area contributed by atoms with E-state index >= 15 is 0 Å². The fourth-order valence-electron chi connectivity index (χ4n) is 2.77. The monoisotopic (exact) mass is 305 g/mol. The van der Waals surface area contributed by atoms with Crippen LogP contribution in [-0.2, 0) is 6.54 Å². The molecule has 0 amide bonds. The maximum atomic E-state index is 9.33. The summed E-state index contributed by atoms with van der Waals surface area (Å²) in [6, 6.07) is 18.5. The molecule has 0 aliphatic carbocycles. The highest BCUT2D eigenvalue weighted by atomic mass is 16.3. The van der Waals surface area contributed by atoms with Crippen LogP contribution in [0.5, 0.6) is 0 Å². The fraction of sp³-hybridized carbons (Fsp3) is 0.211. The minimum Gasteiger partial charge on any atom is -0.396 e. The van der Waals surface area contributed by atoms with Gasteiger partial charge >= 0.3 is 0 Å². The van der Waals surface area contributed by atoms with Crippen molar-refractivity contribution in [3.8, 4) is 17.2 Å². The standard InChI is InChI=1S/C19H17N2O2/c20-9-14-4-3-5-16(8-14)18-11-21(10-15(12-22)13-23)19-7-2-1-6-17(18)19/h1,3-8,11,15,22-23H,10,12-13H2. The number of hydrogen-bond acceptors (Lipinski definition) is 3. The predicted octanol–water partition coefficient (Wildman–Crippen LogP) is 2.58. The first kappa shape index (κ1) is 15.3. The molecule has 0 aliphatic heterocycles. The summed E-state index contributed by atoms with van der Waals surface area (Å²) in [6.45, 7) is 0.400. The van der Waals surface area contributed by atoms with Gasteiger partial charge < -0.3 is 14.8 Å². The molecule has 0 aliphatic rings. The van der Waals surface area contributed by atoms with E-state index in [1.165, 1.54) is 0 Å². The molecule has 1 heterocycles. The maximum absolute atomic E-state index is 9.33. The molecule has 3 rings (SSSR count). The normalized spacial score (nSPS) is 11.0. The molecule has 0 saturated heterocycles. The van der Waals surface area contributed by atoms with Gasteiger partial charge in [0.05, 0.1) is 11.6 Å². The van der Waals surface area contributed by atoms with Gasteiger partial charge in [-0.15, -0.1) is 0 Å². The number of aliphatic hydroxyl groups is 2. The van der Waals surface area contributed by atoms with Gasteiger partial charge in [-0.3, -0.25) is 0 Å². The second kappa shape index (κ2) is 6.66. The molecular formula is C19H17N2O2. The molecule has 4 heteroatoms. The summed E-state index contributed by atoms with van der Waals surface area (Å²) in [5.74, 6) is -0.205. The van der Waals surface area contributed by atoms with Gasteiger partial charge in [0.2, 0.25) is 0 Å². The van der Waals surface area contributed by atoms with E-state index in [1.807, 2.05) is 47.2 Å². The number of nitrogens with zero attached hydrogens (tertiary/aromatic N) is 2. The largest absolute Gasteiger partial charge is 0.396 e. The molecule has 2 aromatic carbocycles. The lowest BCUT2D eigenvalue weighted by molar-refractivity contribution is 0.138. The average Bonchev–Trinajstić information content (AvgIpc) is 2.98. The van der Waals surface area contributed by atoms with Crippen molar-refractivity contribution in [1.82, 2.24) is 4.57 Å². The fourth-order valence-corrected chi connectivity index (χ4v) is 2.77. The molecule has 115 valence electrons. The molecular weight excluding hydrogens is 288 g/mol. The number of rotatable bonds is 5. The van der Waals surface area contributed by atoms with Gasteiger partial charge in [-0.1, -0.05) is 24.3 Å². The third-order valence-electron chi connectivity index (χ3n) is 4.00. The molecule has 0 atom stereocenters. The Morgan fingerprint density at radius 2 is 2.04 bits per heavy atom. The minimum atomic E-state index is -0.205. The quantitative estimate of drug-likeness (QED) is 0.761. The molecule has 0 spiro atoms. The summed E-state index contributed by atoms with van der Waals surface area (Å²) in [6.07, 6.45) is 2.01. The van der Waals surface area contributed by atoms with Crippen molar-refractivity contribution in [3.05, 3.63) is 60.3 Å². The van der Waals surface area contributed by atoms with E-state index in [1.54, 1.807) is 6.07 Å². The molecule has 4 nitrogen and oxygen atoms in total. The Kier molecular flexibility index (Phi) is 4.42. The summed E-state index contributed by atoms with van der Waals surface area (Å²) >= 11 is 0. The minimum absolute atomic E-state index is 0.0635. The van der Waals surface area contributed by atoms with Crippen LogP contribution in [0.4, 0.5) is 0 Å². The van der Waals surface area contributed by atoms with E-state index in [2.05, 4.69) is 12.1 Å². The van der Waals surface area contributed by atoms with Gasteiger partial charge in [-0.05, 0) is 29.8 Å². The first-order chi connectivity index (χ1) is 11.3. The van der Waals surface area contributed by atoms with Crippen LogP contribution >= 0.6 is 0 Å². The zero-order valence-electron chi connectivity index (χ0n) is 12.6. The van der Waals surface area contributed by atoms with E-state index in [0.717, 1.165) is 22.0 Å². The summed E-state index contributed by atoms with van der Waals surface area (Å²) in [7, 11) is 0. The van der Waals surface area contributed by atoms with Crippen molar-refractivity contribution in [2.45, 2.75) is 6.54 Å². The first-order valence-electron chi connectivity index (χ1n) is 7.48. The van der Waals surface area contributed by atoms with E-state index in [-0.39, 0.29) is 19.1 Å². The lowest BCUT2D eigenvalue weighted by Gasteiger charge is -2.12. The number of benzene rings is 2. The Morgan fingerprint density at radius 3 is 2.78 bits per heavy atom. The molecule has 0 bridgehead atoms. The number of aromatic nitrogens is 1. The third-order valence-corrected chi connectivity index (χ3v) is 4.00. The van der Waals surface area contributed by atoms with Crippen LogP contribution in [-0.4, -0.2) is 28.0 Å². The van der Waals surface area contributed by atoms with Crippen LogP contribution in [0.15, 0.2) is 48.7 Å². The van der Waals surface area contributed by atoms with Crippen molar-refractivity contribution in [3.63, 3.8) is 0 Å². The van der Waals surface area contributed by atoms with Crippen molar-refractivity contribution in [2.75, 3.05) is 13.2 Å². The topological polar surface area (TPSA) is 69.2 Å². The zero-order chi connectivity index (χ0) is 16.2. The van der Waals surface area contributed by atoms with Crippen molar-refractivity contribution < 1.29 is 10.2 Å². The number of nitriles is 1. The molecule has 3 aromatic rings. The molecule has 0 saturated carbocycles. The Bertz CT molecular complexity index is 857. The molecule has 2 N–H and O–H groups in total. The average molecular weight is 305 g/mol. The molecule has 1 aromatic heterocycles. The van der Waals surface area contributed by atoms with Crippen molar-refractivity contribution >= 4 is 10.9 Å². The highest BCUT2D eigenvalue weighted by Crippen LogP contribution is 2.31. The van der Waals surface area contributed by atoms with Gasteiger partial charge in [0.1, 0.15) is 0 Å². The highest BCUT2D eigenvalue weighted by molar-refractivity contribution is 5.96. The first-order valence-corrected chi connectivity index (χ1v) is 7.48. The maximum Gasteiger partial charge on any atom is 0.0991 e. The van der Waals surface area contributed by atoms with Crippen LogP contribution < -0.4 is 0 Å². The van der Waals surface area contributed by atoms with Crippen LogP contribution in [0.2, 0.25) is 0 Å².